The molecule has 84 valence electrons. The Morgan fingerprint density at radius 2 is 1.87 bits per heavy atom. The second kappa shape index (κ2) is 4.96. The topological polar surface area (TPSA) is 43.4 Å². The Morgan fingerprint density at radius 3 is 2.33 bits per heavy atom. The first-order valence-electron chi connectivity index (χ1n) is 4.52. The molecule has 0 N–H and O–H groups in total. The van der Waals surface area contributed by atoms with Crippen LogP contribution in [-0.4, -0.2) is 20.4 Å². The monoisotopic (exact) mass is 248 g/mol. The zero-order valence-electron chi connectivity index (χ0n) is 8.60. The lowest BCUT2D eigenvalue weighted by atomic mass is 10.2. The van der Waals surface area contributed by atoms with Crippen molar-refractivity contribution in [3.05, 3.63) is 29.8 Å². The average Bonchev–Trinajstić information content (AvgIpc) is 2.16. The number of rotatable bonds is 4. The molecule has 1 aromatic carbocycles. The minimum atomic E-state index is -3.66. The molecule has 1 rings (SSSR count). The molecule has 0 fully saturated rings. The van der Waals surface area contributed by atoms with E-state index in [1.54, 1.807) is 19.1 Å². The normalized spacial score (nSPS) is 13.8. The second-order valence-electron chi connectivity index (χ2n) is 3.33. The molecule has 0 aliphatic heterocycles. The van der Waals surface area contributed by atoms with Crippen LogP contribution in [0.2, 0.25) is 0 Å². The molecule has 1 unspecified atom stereocenters. The summed E-state index contributed by atoms with van der Waals surface area (Å²) < 4.78 is 27.9. The average molecular weight is 249 g/mol. The van der Waals surface area contributed by atoms with Crippen molar-refractivity contribution in [2.24, 2.45) is 0 Å². The van der Waals surface area contributed by atoms with Crippen LogP contribution >= 0.6 is 11.6 Å². The lowest BCUT2D eigenvalue weighted by Gasteiger charge is -2.06. The molecule has 0 aliphatic rings. The minimum absolute atomic E-state index is 0.0161. The molecule has 15 heavy (non-hydrogen) atoms. The van der Waals surface area contributed by atoms with Crippen LogP contribution in [-0.2, 0) is 14.3 Å². The quantitative estimate of drug-likeness (QED) is 0.607. The van der Waals surface area contributed by atoms with Crippen molar-refractivity contribution in [3.8, 4) is 0 Å². The van der Waals surface area contributed by atoms with Crippen molar-refractivity contribution in [1.29, 1.82) is 0 Å². The van der Waals surface area contributed by atoms with E-state index in [4.69, 9.17) is 15.8 Å². The molecule has 0 spiro atoms. The predicted molar refractivity (Wildman–Crippen MR) is 59.6 cm³/mol. The lowest BCUT2D eigenvalue weighted by Crippen LogP contribution is -2.12. The van der Waals surface area contributed by atoms with E-state index in [1.165, 1.54) is 12.1 Å². The maximum atomic E-state index is 11.6. The highest BCUT2D eigenvalue weighted by atomic mass is 35.5. The summed E-state index contributed by atoms with van der Waals surface area (Å²) in [5.74, 6) is 0. The predicted octanol–water partition coefficient (Wildman–Crippen LogP) is 2.33. The van der Waals surface area contributed by atoms with Gasteiger partial charge in [-0.1, -0.05) is 17.7 Å². The van der Waals surface area contributed by atoms with Crippen LogP contribution in [0.4, 0.5) is 0 Å². The van der Waals surface area contributed by atoms with Gasteiger partial charge in [-0.3, -0.25) is 4.18 Å². The smallest absolute Gasteiger partial charge is 0.265 e. The van der Waals surface area contributed by atoms with Crippen LogP contribution in [0.3, 0.4) is 0 Å². The fourth-order valence-corrected chi connectivity index (χ4v) is 2.08. The molecule has 0 saturated heterocycles. The molecule has 0 heterocycles. The van der Waals surface area contributed by atoms with Gasteiger partial charge in [-0.05, 0) is 26.0 Å². The van der Waals surface area contributed by atoms with Gasteiger partial charge in [0.25, 0.3) is 10.1 Å². The Morgan fingerprint density at radius 1 is 1.33 bits per heavy atom. The van der Waals surface area contributed by atoms with E-state index in [1.807, 2.05) is 6.92 Å². The summed E-state index contributed by atoms with van der Waals surface area (Å²) in [5.41, 5.74) is 1.000. The van der Waals surface area contributed by atoms with Gasteiger partial charge in [0.1, 0.15) is 0 Å². The fraction of sp³-hybridized carbons (Fsp3) is 0.400. The zero-order chi connectivity index (χ0) is 11.5. The van der Waals surface area contributed by atoms with E-state index in [9.17, 15) is 8.42 Å². The maximum Gasteiger partial charge on any atom is 0.297 e. The van der Waals surface area contributed by atoms with Gasteiger partial charge in [-0.15, -0.1) is 11.6 Å². The summed E-state index contributed by atoms with van der Waals surface area (Å²) in [6.45, 7) is 3.54. The summed E-state index contributed by atoms with van der Waals surface area (Å²) in [6.07, 6.45) is 0. The Hall–Kier alpha value is -0.580. The van der Waals surface area contributed by atoms with Gasteiger partial charge in [0.15, 0.2) is 0 Å². The van der Waals surface area contributed by atoms with Crippen LogP contribution in [0.25, 0.3) is 0 Å². The summed E-state index contributed by atoms with van der Waals surface area (Å²) in [4.78, 5) is 0.158. The minimum Gasteiger partial charge on any atom is -0.265 e. The molecule has 0 radical (unpaired) electrons. The van der Waals surface area contributed by atoms with Crippen molar-refractivity contribution in [1.82, 2.24) is 0 Å². The number of benzene rings is 1. The van der Waals surface area contributed by atoms with Crippen LogP contribution in [0, 0.1) is 6.92 Å². The second-order valence-corrected chi connectivity index (χ2v) is 5.69. The third-order valence-electron chi connectivity index (χ3n) is 1.76. The van der Waals surface area contributed by atoms with E-state index in [2.05, 4.69) is 0 Å². The molecule has 1 atom stereocenters. The molecule has 0 saturated carbocycles. The first-order chi connectivity index (χ1) is 6.92. The van der Waals surface area contributed by atoms with Gasteiger partial charge in [0.05, 0.1) is 16.9 Å². The highest BCUT2D eigenvalue weighted by Crippen LogP contribution is 2.13. The summed E-state index contributed by atoms with van der Waals surface area (Å²) >= 11 is 5.61. The number of hydrogen-bond acceptors (Lipinski definition) is 3. The number of alkyl halides is 1. The van der Waals surface area contributed by atoms with Crippen molar-refractivity contribution in [3.63, 3.8) is 0 Å². The van der Waals surface area contributed by atoms with Gasteiger partial charge in [0.2, 0.25) is 0 Å². The van der Waals surface area contributed by atoms with Crippen LogP contribution < -0.4 is 0 Å². The Balaban J connectivity index is 2.82. The molecule has 5 heteroatoms. The fourth-order valence-electron chi connectivity index (χ4n) is 0.956. The lowest BCUT2D eigenvalue weighted by molar-refractivity contribution is 0.320. The molecule has 0 amide bonds. The first-order valence-corrected chi connectivity index (χ1v) is 6.36. The van der Waals surface area contributed by atoms with Gasteiger partial charge >= 0.3 is 0 Å². The first kappa shape index (κ1) is 12.5. The highest BCUT2D eigenvalue weighted by molar-refractivity contribution is 7.86. The zero-order valence-corrected chi connectivity index (χ0v) is 10.2. The number of aryl methyl sites for hydroxylation is 1. The Bertz CT molecular complexity index is 409. The Kier molecular flexibility index (Phi) is 4.13. The van der Waals surface area contributed by atoms with E-state index in [0.29, 0.717) is 0 Å². The maximum absolute atomic E-state index is 11.6. The third-order valence-corrected chi connectivity index (χ3v) is 3.18. The molecular formula is C10H13ClO3S. The molecule has 3 nitrogen and oxygen atoms in total. The van der Waals surface area contributed by atoms with Crippen LogP contribution in [0.1, 0.15) is 12.5 Å². The van der Waals surface area contributed by atoms with Crippen molar-refractivity contribution < 1.29 is 12.6 Å². The summed E-state index contributed by atoms with van der Waals surface area (Å²) in [7, 11) is -3.66. The number of halogens is 1. The standard InChI is InChI=1S/C10H13ClO3S/c1-8-3-5-10(6-4-8)15(12,13)14-7-9(2)11/h3-6,9H,7H2,1-2H3. The van der Waals surface area contributed by atoms with E-state index in [-0.39, 0.29) is 16.9 Å². The highest BCUT2D eigenvalue weighted by Gasteiger charge is 2.15. The van der Waals surface area contributed by atoms with Crippen LogP contribution in [0.15, 0.2) is 29.2 Å². The molecule has 0 aromatic heterocycles. The molecule has 0 aliphatic carbocycles. The van der Waals surface area contributed by atoms with Crippen LogP contribution in [0.5, 0.6) is 0 Å². The summed E-state index contributed by atoms with van der Waals surface area (Å²) in [6, 6.07) is 6.48. The third kappa shape index (κ3) is 3.81. The van der Waals surface area contributed by atoms with E-state index < -0.39 is 10.1 Å². The van der Waals surface area contributed by atoms with Gasteiger partial charge < -0.3 is 0 Å². The van der Waals surface area contributed by atoms with Gasteiger partial charge in [0, 0.05) is 0 Å². The van der Waals surface area contributed by atoms with Gasteiger partial charge in [-0.25, -0.2) is 0 Å². The number of hydrogen-bond donors (Lipinski definition) is 0. The van der Waals surface area contributed by atoms with E-state index in [0.717, 1.165) is 5.56 Å². The molecular weight excluding hydrogens is 236 g/mol. The van der Waals surface area contributed by atoms with Crippen molar-refractivity contribution >= 4 is 21.7 Å². The van der Waals surface area contributed by atoms with Gasteiger partial charge in [-0.2, -0.15) is 8.42 Å². The SMILES string of the molecule is Cc1ccc(S(=O)(=O)OCC(C)Cl)cc1. The summed E-state index contributed by atoms with van der Waals surface area (Å²) in [5, 5.41) is -0.328. The van der Waals surface area contributed by atoms with Crippen molar-refractivity contribution in [2.75, 3.05) is 6.61 Å². The largest absolute Gasteiger partial charge is 0.297 e. The van der Waals surface area contributed by atoms with Crippen molar-refractivity contribution in [2.45, 2.75) is 24.1 Å². The Labute approximate surface area is 95.1 Å². The molecule has 1 aromatic rings. The van der Waals surface area contributed by atoms with E-state index >= 15 is 0 Å². The molecule has 0 bridgehead atoms.